The number of aromatic nitrogens is 2. The van der Waals surface area contributed by atoms with Gasteiger partial charge >= 0.3 is 0 Å². The van der Waals surface area contributed by atoms with E-state index in [1.165, 1.54) is 0 Å². The summed E-state index contributed by atoms with van der Waals surface area (Å²) < 4.78 is 6.42. The minimum absolute atomic E-state index is 0.558. The lowest BCUT2D eigenvalue weighted by Gasteiger charge is -1.94. The zero-order valence-electron chi connectivity index (χ0n) is 9.22. The Morgan fingerprint density at radius 2 is 2.11 bits per heavy atom. The van der Waals surface area contributed by atoms with Crippen molar-refractivity contribution in [1.29, 1.82) is 0 Å². The fourth-order valence-electron chi connectivity index (χ4n) is 1.68. The Morgan fingerprint density at radius 1 is 1.22 bits per heavy atom. The Kier molecular flexibility index (Phi) is 2.62. The van der Waals surface area contributed by atoms with Crippen molar-refractivity contribution in [2.24, 2.45) is 0 Å². The SMILES string of the molecule is C#Cc1ccc2oc(-c3ccnc(Br)c3)nc2c1. The van der Waals surface area contributed by atoms with Crippen LogP contribution < -0.4 is 0 Å². The Labute approximate surface area is 112 Å². The number of halogens is 1. The molecule has 3 rings (SSSR count). The van der Waals surface area contributed by atoms with E-state index in [1.54, 1.807) is 6.20 Å². The third-order valence-electron chi connectivity index (χ3n) is 2.53. The van der Waals surface area contributed by atoms with Crippen LogP contribution in [0.1, 0.15) is 5.56 Å². The van der Waals surface area contributed by atoms with Gasteiger partial charge in [-0.3, -0.25) is 0 Å². The monoisotopic (exact) mass is 298 g/mol. The molecule has 0 aliphatic carbocycles. The molecule has 2 aromatic heterocycles. The third kappa shape index (κ3) is 1.89. The van der Waals surface area contributed by atoms with E-state index in [0.717, 1.165) is 26.8 Å². The zero-order chi connectivity index (χ0) is 12.5. The first-order valence-corrected chi connectivity index (χ1v) is 6.05. The van der Waals surface area contributed by atoms with Gasteiger partial charge in [0.25, 0.3) is 0 Å². The molecular formula is C14H7BrN2O. The summed E-state index contributed by atoms with van der Waals surface area (Å²) in [5.74, 6) is 3.14. The molecule has 0 saturated carbocycles. The lowest BCUT2D eigenvalue weighted by molar-refractivity contribution is 0.619. The summed E-state index contributed by atoms with van der Waals surface area (Å²) in [6, 6.07) is 9.19. The normalized spacial score (nSPS) is 10.4. The smallest absolute Gasteiger partial charge is 0.227 e. The lowest BCUT2D eigenvalue weighted by atomic mass is 10.2. The van der Waals surface area contributed by atoms with E-state index >= 15 is 0 Å². The molecule has 0 amide bonds. The first-order valence-electron chi connectivity index (χ1n) is 5.25. The van der Waals surface area contributed by atoms with Crippen LogP contribution in [0.15, 0.2) is 45.5 Å². The van der Waals surface area contributed by atoms with Gasteiger partial charge in [-0.2, -0.15) is 0 Å². The maximum atomic E-state index is 5.68. The molecule has 1 aromatic carbocycles. The number of terminal acetylenes is 1. The molecule has 0 atom stereocenters. The van der Waals surface area contributed by atoms with Crippen LogP contribution in [-0.2, 0) is 0 Å². The van der Waals surface area contributed by atoms with Crippen LogP contribution in [0.5, 0.6) is 0 Å². The molecule has 0 aliphatic heterocycles. The van der Waals surface area contributed by atoms with Gasteiger partial charge in [0.15, 0.2) is 5.58 Å². The average Bonchev–Trinajstić information content (AvgIpc) is 2.81. The molecule has 0 saturated heterocycles. The third-order valence-corrected chi connectivity index (χ3v) is 2.96. The fourth-order valence-corrected chi connectivity index (χ4v) is 2.04. The van der Waals surface area contributed by atoms with Gasteiger partial charge in [0.05, 0.1) is 0 Å². The van der Waals surface area contributed by atoms with Crippen molar-refractivity contribution in [1.82, 2.24) is 9.97 Å². The van der Waals surface area contributed by atoms with Crippen LogP contribution in [0.4, 0.5) is 0 Å². The van der Waals surface area contributed by atoms with Crippen molar-refractivity contribution in [2.75, 3.05) is 0 Å². The number of pyridine rings is 1. The van der Waals surface area contributed by atoms with Crippen molar-refractivity contribution in [2.45, 2.75) is 0 Å². The number of fused-ring (bicyclic) bond motifs is 1. The number of benzene rings is 1. The molecule has 4 heteroatoms. The quantitative estimate of drug-likeness (QED) is 0.509. The molecule has 0 bridgehead atoms. The van der Waals surface area contributed by atoms with E-state index in [2.05, 4.69) is 31.8 Å². The topological polar surface area (TPSA) is 38.9 Å². The van der Waals surface area contributed by atoms with E-state index in [1.807, 2.05) is 30.3 Å². The number of hydrogen-bond donors (Lipinski definition) is 0. The van der Waals surface area contributed by atoms with E-state index in [9.17, 15) is 0 Å². The first-order chi connectivity index (χ1) is 8.76. The average molecular weight is 299 g/mol. The van der Waals surface area contributed by atoms with E-state index in [4.69, 9.17) is 10.8 Å². The van der Waals surface area contributed by atoms with Gasteiger partial charge in [0.1, 0.15) is 10.1 Å². The summed E-state index contributed by atoms with van der Waals surface area (Å²) in [6.45, 7) is 0. The molecule has 86 valence electrons. The van der Waals surface area contributed by atoms with Gasteiger partial charge in [-0.05, 0) is 46.3 Å². The van der Waals surface area contributed by atoms with Crippen molar-refractivity contribution < 1.29 is 4.42 Å². The maximum Gasteiger partial charge on any atom is 0.227 e. The second-order valence-electron chi connectivity index (χ2n) is 3.71. The van der Waals surface area contributed by atoms with Crippen LogP contribution in [0, 0.1) is 12.3 Å². The van der Waals surface area contributed by atoms with Crippen LogP contribution in [0.3, 0.4) is 0 Å². The van der Waals surface area contributed by atoms with Crippen LogP contribution in [0.2, 0.25) is 0 Å². The number of hydrogen-bond acceptors (Lipinski definition) is 3. The molecule has 3 nitrogen and oxygen atoms in total. The van der Waals surface area contributed by atoms with Crippen molar-refractivity contribution in [3.05, 3.63) is 46.7 Å². The molecule has 2 heterocycles. The highest BCUT2D eigenvalue weighted by Crippen LogP contribution is 2.25. The minimum Gasteiger partial charge on any atom is -0.436 e. The second-order valence-corrected chi connectivity index (χ2v) is 4.53. The number of oxazole rings is 1. The van der Waals surface area contributed by atoms with Crippen molar-refractivity contribution >= 4 is 27.0 Å². The highest BCUT2D eigenvalue weighted by molar-refractivity contribution is 9.10. The molecule has 18 heavy (non-hydrogen) atoms. The van der Waals surface area contributed by atoms with Crippen LogP contribution >= 0.6 is 15.9 Å². The number of rotatable bonds is 1. The molecule has 0 unspecified atom stereocenters. The van der Waals surface area contributed by atoms with E-state index < -0.39 is 0 Å². The summed E-state index contributed by atoms with van der Waals surface area (Å²) in [6.07, 6.45) is 7.05. The molecule has 0 fully saturated rings. The molecule has 3 aromatic rings. The number of nitrogens with zero attached hydrogens (tertiary/aromatic N) is 2. The van der Waals surface area contributed by atoms with Crippen molar-refractivity contribution in [3.8, 4) is 23.8 Å². The van der Waals surface area contributed by atoms with Crippen molar-refractivity contribution in [3.63, 3.8) is 0 Å². The fraction of sp³-hybridized carbons (Fsp3) is 0. The molecule has 0 aliphatic rings. The van der Waals surface area contributed by atoms with E-state index in [0.29, 0.717) is 5.89 Å². The summed E-state index contributed by atoms with van der Waals surface area (Å²) in [5.41, 5.74) is 3.14. The highest BCUT2D eigenvalue weighted by Gasteiger charge is 2.08. The Bertz CT molecular complexity index is 771. The molecular weight excluding hydrogens is 292 g/mol. The Balaban J connectivity index is 2.17. The summed E-state index contributed by atoms with van der Waals surface area (Å²) >= 11 is 3.32. The summed E-state index contributed by atoms with van der Waals surface area (Å²) in [5, 5.41) is 0. The van der Waals surface area contributed by atoms with E-state index in [-0.39, 0.29) is 0 Å². The van der Waals surface area contributed by atoms with Crippen LogP contribution in [-0.4, -0.2) is 9.97 Å². The van der Waals surface area contributed by atoms with Gasteiger partial charge in [0.2, 0.25) is 5.89 Å². The van der Waals surface area contributed by atoms with Gasteiger partial charge in [-0.25, -0.2) is 9.97 Å². The van der Waals surface area contributed by atoms with Crippen LogP contribution in [0.25, 0.3) is 22.6 Å². The Morgan fingerprint density at radius 3 is 2.89 bits per heavy atom. The molecule has 0 radical (unpaired) electrons. The predicted molar refractivity (Wildman–Crippen MR) is 72.9 cm³/mol. The highest BCUT2D eigenvalue weighted by atomic mass is 79.9. The zero-order valence-corrected chi connectivity index (χ0v) is 10.8. The maximum absolute atomic E-state index is 5.68. The van der Waals surface area contributed by atoms with Gasteiger partial charge in [-0.1, -0.05) is 5.92 Å². The Hall–Kier alpha value is -2.12. The first kappa shape index (κ1) is 11.0. The molecule has 0 spiro atoms. The largest absolute Gasteiger partial charge is 0.436 e. The standard InChI is InChI=1S/C14H7BrN2O/c1-2-9-3-4-12-11(7-9)17-14(18-12)10-5-6-16-13(15)8-10/h1,3-8H. The summed E-state index contributed by atoms with van der Waals surface area (Å²) in [4.78, 5) is 8.49. The van der Waals surface area contributed by atoms with Gasteiger partial charge in [0, 0.05) is 17.3 Å². The minimum atomic E-state index is 0.558. The van der Waals surface area contributed by atoms with Gasteiger partial charge in [-0.15, -0.1) is 6.42 Å². The molecule has 0 N–H and O–H groups in total. The predicted octanol–water partition coefficient (Wildman–Crippen LogP) is 3.63. The summed E-state index contributed by atoms with van der Waals surface area (Å²) in [7, 11) is 0. The lowest BCUT2D eigenvalue weighted by Crippen LogP contribution is -1.79. The second kappa shape index (κ2) is 4.28. The van der Waals surface area contributed by atoms with Gasteiger partial charge < -0.3 is 4.42 Å².